The van der Waals surface area contributed by atoms with E-state index in [0.717, 1.165) is 29.1 Å². The van der Waals surface area contributed by atoms with E-state index in [1.807, 2.05) is 62.4 Å². The number of carbonyl (C=O) groups is 1. The van der Waals surface area contributed by atoms with Crippen molar-refractivity contribution in [1.82, 2.24) is 5.43 Å². The molecule has 2 aromatic rings. The fourth-order valence-electron chi connectivity index (χ4n) is 2.18. The molecule has 2 rings (SSSR count). The molecule has 5 heteroatoms. The number of nitrogens with zero attached hydrogens (tertiary/aromatic N) is 1. The summed E-state index contributed by atoms with van der Waals surface area (Å²) >= 11 is 0. The Hall–Kier alpha value is -2.82. The molecule has 0 fully saturated rings. The number of hydrogen-bond acceptors (Lipinski definition) is 4. The summed E-state index contributed by atoms with van der Waals surface area (Å²) < 4.78 is 5.15. The summed E-state index contributed by atoms with van der Waals surface area (Å²) in [4.78, 5) is 12.0. The molecule has 1 amide bonds. The Labute approximate surface area is 142 Å². The molecule has 0 atom stereocenters. The van der Waals surface area contributed by atoms with Crippen molar-refractivity contribution in [3.05, 3.63) is 59.7 Å². The topological polar surface area (TPSA) is 62.7 Å². The molecule has 0 unspecified atom stereocenters. The fourth-order valence-corrected chi connectivity index (χ4v) is 2.18. The molecule has 0 saturated heterocycles. The van der Waals surface area contributed by atoms with Crippen molar-refractivity contribution >= 4 is 17.3 Å². The first-order chi connectivity index (χ1) is 11.6. The monoisotopic (exact) mass is 325 g/mol. The van der Waals surface area contributed by atoms with Crippen molar-refractivity contribution in [2.45, 2.75) is 20.3 Å². The van der Waals surface area contributed by atoms with Crippen molar-refractivity contribution in [3.63, 3.8) is 0 Å². The first-order valence-electron chi connectivity index (χ1n) is 7.92. The Balaban J connectivity index is 1.91. The van der Waals surface area contributed by atoms with Crippen LogP contribution in [0, 0.1) is 6.92 Å². The molecule has 0 bridgehead atoms. The Kier molecular flexibility index (Phi) is 6.37. The van der Waals surface area contributed by atoms with Gasteiger partial charge in [0.05, 0.1) is 19.4 Å². The van der Waals surface area contributed by atoms with E-state index in [0.29, 0.717) is 0 Å². The second-order valence-corrected chi connectivity index (χ2v) is 5.40. The average Bonchev–Trinajstić information content (AvgIpc) is 2.62. The van der Waals surface area contributed by atoms with Crippen LogP contribution >= 0.6 is 0 Å². The predicted octanol–water partition coefficient (Wildman–Crippen LogP) is 3.35. The minimum absolute atomic E-state index is 0.140. The molecule has 2 aromatic carbocycles. The van der Waals surface area contributed by atoms with Crippen LogP contribution in [0.4, 0.5) is 5.69 Å². The average molecular weight is 325 g/mol. The molecule has 0 aliphatic carbocycles. The standard InChI is InChI=1S/C19H23N3O2/c1-4-18(15-10-8-14(2)9-11-15)21-22-19(23)13-20-16-6-5-7-17(12-16)24-3/h5-12,20H,4,13H2,1-3H3,(H,22,23)/b21-18-. The van der Waals surface area contributed by atoms with E-state index < -0.39 is 0 Å². The van der Waals surface area contributed by atoms with Gasteiger partial charge < -0.3 is 10.1 Å². The van der Waals surface area contributed by atoms with E-state index >= 15 is 0 Å². The number of hydrogen-bond donors (Lipinski definition) is 2. The highest BCUT2D eigenvalue weighted by Crippen LogP contribution is 2.16. The Morgan fingerprint density at radius 3 is 2.58 bits per heavy atom. The van der Waals surface area contributed by atoms with Gasteiger partial charge in [0.25, 0.3) is 5.91 Å². The maximum atomic E-state index is 12.0. The summed E-state index contributed by atoms with van der Waals surface area (Å²) in [5.74, 6) is 0.543. The normalized spacial score (nSPS) is 11.0. The molecule has 0 aliphatic rings. The number of rotatable bonds is 7. The quantitative estimate of drug-likeness (QED) is 0.606. The van der Waals surface area contributed by atoms with Gasteiger partial charge in [0.1, 0.15) is 5.75 Å². The summed E-state index contributed by atoms with van der Waals surface area (Å²) in [6.07, 6.45) is 0.743. The van der Waals surface area contributed by atoms with E-state index in [1.165, 1.54) is 5.56 Å². The van der Waals surface area contributed by atoms with E-state index in [1.54, 1.807) is 7.11 Å². The summed E-state index contributed by atoms with van der Waals surface area (Å²) in [7, 11) is 1.61. The third kappa shape index (κ3) is 5.12. The SMILES string of the molecule is CC/C(=N/NC(=O)CNc1cccc(OC)c1)c1ccc(C)cc1. The second kappa shape index (κ2) is 8.72. The van der Waals surface area contributed by atoms with Crippen LogP contribution in [-0.2, 0) is 4.79 Å². The fraction of sp³-hybridized carbons (Fsp3) is 0.263. The van der Waals surface area contributed by atoms with E-state index in [2.05, 4.69) is 15.8 Å². The zero-order chi connectivity index (χ0) is 17.4. The van der Waals surface area contributed by atoms with Crippen LogP contribution in [0.2, 0.25) is 0 Å². The van der Waals surface area contributed by atoms with Gasteiger partial charge in [-0.1, -0.05) is 42.8 Å². The van der Waals surface area contributed by atoms with Crippen molar-refractivity contribution < 1.29 is 9.53 Å². The van der Waals surface area contributed by atoms with Crippen molar-refractivity contribution in [1.29, 1.82) is 0 Å². The molecule has 0 heterocycles. The molecule has 2 N–H and O–H groups in total. The van der Waals surface area contributed by atoms with Gasteiger partial charge in [-0.15, -0.1) is 0 Å². The molecule has 0 aliphatic heterocycles. The first kappa shape index (κ1) is 17.5. The van der Waals surface area contributed by atoms with Crippen LogP contribution < -0.4 is 15.5 Å². The highest BCUT2D eigenvalue weighted by Gasteiger charge is 2.04. The van der Waals surface area contributed by atoms with Crippen molar-refractivity contribution in [3.8, 4) is 5.75 Å². The number of hydrazone groups is 1. The lowest BCUT2D eigenvalue weighted by Crippen LogP contribution is -2.27. The van der Waals surface area contributed by atoms with Gasteiger partial charge in [0, 0.05) is 11.8 Å². The lowest BCUT2D eigenvalue weighted by molar-refractivity contribution is -0.119. The third-order valence-electron chi connectivity index (χ3n) is 3.56. The lowest BCUT2D eigenvalue weighted by Gasteiger charge is -2.08. The number of benzene rings is 2. The van der Waals surface area contributed by atoms with Gasteiger partial charge in [-0.2, -0.15) is 5.10 Å². The Bertz CT molecular complexity index is 709. The smallest absolute Gasteiger partial charge is 0.259 e. The zero-order valence-electron chi connectivity index (χ0n) is 14.3. The van der Waals surface area contributed by atoms with Crippen molar-refractivity contribution in [2.75, 3.05) is 19.0 Å². The zero-order valence-corrected chi connectivity index (χ0v) is 14.3. The number of carbonyl (C=O) groups excluding carboxylic acids is 1. The highest BCUT2D eigenvalue weighted by molar-refractivity contribution is 6.01. The molecule has 0 spiro atoms. The summed E-state index contributed by atoms with van der Waals surface area (Å²) in [6, 6.07) is 15.5. The van der Waals surface area contributed by atoms with Crippen molar-refractivity contribution in [2.24, 2.45) is 5.10 Å². The Morgan fingerprint density at radius 2 is 1.92 bits per heavy atom. The van der Waals surface area contributed by atoms with Crippen LogP contribution in [0.1, 0.15) is 24.5 Å². The van der Waals surface area contributed by atoms with Crippen LogP contribution in [0.15, 0.2) is 53.6 Å². The van der Waals surface area contributed by atoms with Crippen LogP contribution in [-0.4, -0.2) is 25.3 Å². The minimum Gasteiger partial charge on any atom is -0.497 e. The number of methoxy groups -OCH3 is 1. The van der Waals surface area contributed by atoms with E-state index in [-0.39, 0.29) is 12.5 Å². The van der Waals surface area contributed by atoms with Gasteiger partial charge in [-0.05, 0) is 31.0 Å². The molecule has 0 radical (unpaired) electrons. The summed E-state index contributed by atoms with van der Waals surface area (Å²) in [6.45, 7) is 4.19. The molecule has 126 valence electrons. The third-order valence-corrected chi connectivity index (χ3v) is 3.56. The van der Waals surface area contributed by atoms with Gasteiger partial charge in [-0.3, -0.25) is 4.79 Å². The minimum atomic E-state index is -0.198. The number of ether oxygens (including phenoxy) is 1. The Morgan fingerprint density at radius 1 is 1.17 bits per heavy atom. The maximum absolute atomic E-state index is 12.0. The van der Waals surface area contributed by atoms with Crippen LogP contribution in [0.5, 0.6) is 5.75 Å². The number of amides is 1. The van der Waals surface area contributed by atoms with Crippen LogP contribution in [0.25, 0.3) is 0 Å². The van der Waals surface area contributed by atoms with Crippen LogP contribution in [0.3, 0.4) is 0 Å². The number of nitrogens with one attached hydrogen (secondary N) is 2. The van der Waals surface area contributed by atoms with Gasteiger partial charge in [0.2, 0.25) is 0 Å². The molecule has 24 heavy (non-hydrogen) atoms. The first-order valence-corrected chi connectivity index (χ1v) is 7.92. The number of anilines is 1. The van der Waals surface area contributed by atoms with Gasteiger partial charge >= 0.3 is 0 Å². The summed E-state index contributed by atoms with van der Waals surface area (Å²) in [5, 5.41) is 7.29. The van der Waals surface area contributed by atoms with E-state index in [9.17, 15) is 4.79 Å². The highest BCUT2D eigenvalue weighted by atomic mass is 16.5. The predicted molar refractivity (Wildman–Crippen MR) is 97.6 cm³/mol. The van der Waals surface area contributed by atoms with Gasteiger partial charge in [-0.25, -0.2) is 5.43 Å². The molecule has 5 nitrogen and oxygen atoms in total. The van der Waals surface area contributed by atoms with Gasteiger partial charge in [0.15, 0.2) is 0 Å². The summed E-state index contributed by atoms with van der Waals surface area (Å²) in [5.41, 5.74) is 6.49. The maximum Gasteiger partial charge on any atom is 0.259 e. The largest absolute Gasteiger partial charge is 0.497 e. The molecule has 0 saturated carbocycles. The molecular weight excluding hydrogens is 302 g/mol. The molecular formula is C19H23N3O2. The lowest BCUT2D eigenvalue weighted by atomic mass is 10.1. The number of aryl methyl sites for hydroxylation is 1. The second-order valence-electron chi connectivity index (χ2n) is 5.40. The van der Waals surface area contributed by atoms with E-state index in [4.69, 9.17) is 4.74 Å². The molecule has 0 aromatic heterocycles.